The summed E-state index contributed by atoms with van der Waals surface area (Å²) in [7, 11) is 0. The summed E-state index contributed by atoms with van der Waals surface area (Å²) in [6.07, 6.45) is -5.69. The second-order valence-corrected chi connectivity index (χ2v) is 6.57. The molecule has 6 nitrogen and oxygen atoms in total. The van der Waals surface area contributed by atoms with E-state index >= 15 is 0 Å². The number of carbonyl (C=O) groups excluding carboxylic acids is 2. The van der Waals surface area contributed by atoms with Crippen LogP contribution < -0.4 is 15.4 Å². The van der Waals surface area contributed by atoms with Gasteiger partial charge in [-0.3, -0.25) is 10.1 Å². The Morgan fingerprint density at radius 3 is 2.19 bits per heavy atom. The second-order valence-electron chi connectivity index (χ2n) is 6.57. The number of nitrogens with one attached hydrogen (secondary N) is 2. The monoisotopic (exact) mass is 429 g/mol. The molecule has 0 saturated carbocycles. The molecule has 0 radical (unpaired) electrons. The van der Waals surface area contributed by atoms with Gasteiger partial charge in [0.25, 0.3) is 5.91 Å². The van der Waals surface area contributed by atoms with Crippen LogP contribution in [0.15, 0.2) is 72.9 Å². The molecule has 0 saturated heterocycles. The molecule has 0 aliphatic heterocycles. The molecule has 3 aromatic rings. The van der Waals surface area contributed by atoms with Gasteiger partial charge in [0.2, 0.25) is 12.0 Å². The first kappa shape index (κ1) is 21.8. The van der Waals surface area contributed by atoms with Crippen molar-refractivity contribution in [3.05, 3.63) is 89.6 Å². The van der Waals surface area contributed by atoms with E-state index in [9.17, 15) is 22.8 Å². The SMILES string of the molecule is Cc1cc(NC(=O)NC(=O)c2ccccc2)cnc1OC(c1ccccc1)C(F)(F)F. The molecule has 2 N–H and O–H groups in total. The molecular formula is C22H18F3N3O3. The van der Waals surface area contributed by atoms with Crippen LogP contribution in [-0.4, -0.2) is 23.1 Å². The van der Waals surface area contributed by atoms with Crippen LogP contribution in [0, 0.1) is 6.92 Å². The summed E-state index contributed by atoms with van der Waals surface area (Å²) in [6.45, 7) is 1.50. The van der Waals surface area contributed by atoms with Crippen LogP contribution in [0.2, 0.25) is 0 Å². The molecule has 0 fully saturated rings. The van der Waals surface area contributed by atoms with Gasteiger partial charge in [0, 0.05) is 16.7 Å². The zero-order chi connectivity index (χ0) is 22.4. The summed E-state index contributed by atoms with van der Waals surface area (Å²) in [5.74, 6) is -0.823. The molecule has 1 aromatic heterocycles. The number of alkyl halides is 3. The first-order chi connectivity index (χ1) is 14.7. The van der Waals surface area contributed by atoms with Crippen LogP contribution in [0.1, 0.15) is 27.6 Å². The molecule has 160 valence electrons. The quantitative estimate of drug-likeness (QED) is 0.596. The molecule has 1 atom stereocenters. The third kappa shape index (κ3) is 5.81. The van der Waals surface area contributed by atoms with Gasteiger partial charge in [-0.1, -0.05) is 48.5 Å². The summed E-state index contributed by atoms with van der Waals surface area (Å²) in [6, 6.07) is 15.9. The van der Waals surface area contributed by atoms with E-state index in [2.05, 4.69) is 15.6 Å². The first-order valence-corrected chi connectivity index (χ1v) is 9.16. The fourth-order valence-electron chi connectivity index (χ4n) is 2.74. The third-order valence-electron chi connectivity index (χ3n) is 4.18. The molecule has 1 unspecified atom stereocenters. The fourth-order valence-corrected chi connectivity index (χ4v) is 2.74. The van der Waals surface area contributed by atoms with Crippen LogP contribution >= 0.6 is 0 Å². The van der Waals surface area contributed by atoms with Gasteiger partial charge in [0.1, 0.15) is 0 Å². The number of aromatic nitrogens is 1. The lowest BCUT2D eigenvalue weighted by Crippen LogP contribution is -2.34. The minimum atomic E-state index is -4.65. The van der Waals surface area contributed by atoms with Gasteiger partial charge in [-0.2, -0.15) is 13.2 Å². The number of aryl methyl sites for hydroxylation is 1. The summed E-state index contributed by atoms with van der Waals surface area (Å²) in [5, 5.41) is 4.57. The number of nitrogens with zero attached hydrogens (tertiary/aromatic N) is 1. The fraction of sp³-hybridized carbons (Fsp3) is 0.136. The van der Waals surface area contributed by atoms with Crippen LogP contribution in [0.25, 0.3) is 0 Å². The van der Waals surface area contributed by atoms with Crippen LogP contribution in [0.3, 0.4) is 0 Å². The van der Waals surface area contributed by atoms with E-state index in [1.165, 1.54) is 37.3 Å². The largest absolute Gasteiger partial charge is 0.460 e. The highest BCUT2D eigenvalue weighted by Crippen LogP contribution is 2.37. The number of ether oxygens (including phenoxy) is 1. The Balaban J connectivity index is 1.69. The number of hydrogen-bond donors (Lipinski definition) is 2. The minimum absolute atomic E-state index is 0.0581. The van der Waals surface area contributed by atoms with E-state index in [4.69, 9.17) is 4.74 Å². The molecular weight excluding hydrogens is 411 g/mol. The molecule has 3 rings (SSSR count). The number of halogens is 3. The number of benzene rings is 2. The molecule has 31 heavy (non-hydrogen) atoms. The van der Waals surface area contributed by atoms with E-state index in [0.717, 1.165) is 6.20 Å². The van der Waals surface area contributed by atoms with E-state index < -0.39 is 24.2 Å². The van der Waals surface area contributed by atoms with Gasteiger partial charge in [0.15, 0.2) is 0 Å². The molecule has 0 aliphatic rings. The molecule has 3 amide bonds. The predicted molar refractivity (Wildman–Crippen MR) is 108 cm³/mol. The van der Waals surface area contributed by atoms with Crippen LogP contribution in [-0.2, 0) is 0 Å². The normalized spacial score (nSPS) is 12.0. The van der Waals surface area contributed by atoms with E-state index in [0.29, 0.717) is 5.56 Å². The highest BCUT2D eigenvalue weighted by Gasteiger charge is 2.43. The van der Waals surface area contributed by atoms with Gasteiger partial charge in [-0.05, 0) is 25.1 Å². The van der Waals surface area contributed by atoms with Crippen molar-refractivity contribution < 1.29 is 27.5 Å². The maximum Gasteiger partial charge on any atom is 0.429 e. The standard InChI is InChI=1S/C22H18F3N3O3/c1-14-12-17(27-21(30)28-19(29)16-10-6-3-7-11-16)13-26-20(14)31-18(22(23,24)25)15-8-4-2-5-9-15/h2-13,18H,1H3,(H2,27,28,29,30). The van der Waals surface area contributed by atoms with Gasteiger partial charge in [-0.15, -0.1) is 0 Å². The van der Waals surface area contributed by atoms with Crippen molar-refractivity contribution in [1.29, 1.82) is 0 Å². The van der Waals surface area contributed by atoms with E-state index in [-0.39, 0.29) is 22.7 Å². The van der Waals surface area contributed by atoms with Gasteiger partial charge in [-0.25, -0.2) is 9.78 Å². The summed E-state index contributed by atoms with van der Waals surface area (Å²) < 4.78 is 45.6. The molecule has 1 heterocycles. The lowest BCUT2D eigenvalue weighted by molar-refractivity contribution is -0.198. The highest BCUT2D eigenvalue weighted by atomic mass is 19.4. The Morgan fingerprint density at radius 1 is 1.00 bits per heavy atom. The average molecular weight is 429 g/mol. The minimum Gasteiger partial charge on any atom is -0.460 e. The van der Waals surface area contributed by atoms with Crippen molar-refractivity contribution in [2.75, 3.05) is 5.32 Å². The maximum atomic E-state index is 13.5. The second kappa shape index (κ2) is 9.29. The summed E-state index contributed by atoms with van der Waals surface area (Å²) >= 11 is 0. The summed E-state index contributed by atoms with van der Waals surface area (Å²) in [4.78, 5) is 27.9. The topological polar surface area (TPSA) is 80.3 Å². The lowest BCUT2D eigenvalue weighted by Gasteiger charge is -2.22. The Labute approximate surface area is 176 Å². The number of anilines is 1. The number of pyridine rings is 1. The number of rotatable bonds is 5. The maximum absolute atomic E-state index is 13.5. The van der Waals surface area contributed by atoms with E-state index in [1.54, 1.807) is 36.4 Å². The van der Waals surface area contributed by atoms with Crippen molar-refractivity contribution in [3.63, 3.8) is 0 Å². The van der Waals surface area contributed by atoms with Gasteiger partial charge in [0.05, 0.1) is 11.9 Å². The number of hydrogen-bond acceptors (Lipinski definition) is 4. The average Bonchev–Trinajstić information content (AvgIpc) is 2.73. The summed E-state index contributed by atoms with van der Waals surface area (Å²) in [5.41, 5.74) is 0.705. The lowest BCUT2D eigenvalue weighted by atomic mass is 10.1. The number of imide groups is 1. The Bertz CT molecular complexity index is 1060. The zero-order valence-electron chi connectivity index (χ0n) is 16.3. The van der Waals surface area contributed by atoms with E-state index in [1.807, 2.05) is 0 Å². The molecule has 0 aliphatic carbocycles. The van der Waals surface area contributed by atoms with Gasteiger partial charge < -0.3 is 10.1 Å². The highest BCUT2D eigenvalue weighted by molar-refractivity contribution is 6.07. The van der Waals surface area contributed by atoms with Crippen LogP contribution in [0.4, 0.5) is 23.7 Å². The predicted octanol–water partition coefficient (Wildman–Crippen LogP) is 5.03. The first-order valence-electron chi connectivity index (χ1n) is 9.16. The molecule has 0 bridgehead atoms. The third-order valence-corrected chi connectivity index (χ3v) is 4.18. The number of amides is 3. The smallest absolute Gasteiger partial charge is 0.429 e. The van der Waals surface area contributed by atoms with Crippen molar-refractivity contribution >= 4 is 17.6 Å². The molecule has 9 heteroatoms. The van der Waals surface area contributed by atoms with Crippen molar-refractivity contribution in [3.8, 4) is 5.88 Å². The van der Waals surface area contributed by atoms with Crippen molar-refractivity contribution in [2.45, 2.75) is 19.2 Å². The molecule has 0 spiro atoms. The van der Waals surface area contributed by atoms with Crippen molar-refractivity contribution in [1.82, 2.24) is 10.3 Å². The Morgan fingerprint density at radius 2 is 1.61 bits per heavy atom. The van der Waals surface area contributed by atoms with Crippen LogP contribution in [0.5, 0.6) is 5.88 Å². The molecule has 2 aromatic carbocycles. The number of urea groups is 1. The number of carbonyl (C=O) groups is 2. The Kier molecular flexibility index (Phi) is 6.54. The van der Waals surface area contributed by atoms with Crippen molar-refractivity contribution in [2.24, 2.45) is 0 Å². The van der Waals surface area contributed by atoms with Gasteiger partial charge >= 0.3 is 12.2 Å². The zero-order valence-corrected chi connectivity index (χ0v) is 16.3. The Hall–Kier alpha value is -3.88.